The second-order valence-corrected chi connectivity index (χ2v) is 5.03. The van der Waals surface area contributed by atoms with Crippen LogP contribution in [-0.2, 0) is 6.42 Å². The summed E-state index contributed by atoms with van der Waals surface area (Å²) in [6.07, 6.45) is 2.17. The van der Waals surface area contributed by atoms with Crippen LogP contribution >= 0.6 is 11.3 Å². The summed E-state index contributed by atoms with van der Waals surface area (Å²) in [6.45, 7) is 0. The van der Waals surface area contributed by atoms with E-state index in [1.165, 1.54) is 11.1 Å². The Morgan fingerprint density at radius 3 is 2.78 bits per heavy atom. The minimum Gasteiger partial charge on any atom is -0.496 e. The third-order valence-corrected chi connectivity index (χ3v) is 3.90. The van der Waals surface area contributed by atoms with Crippen molar-refractivity contribution in [3.05, 3.63) is 52.2 Å². The van der Waals surface area contributed by atoms with E-state index in [-0.39, 0.29) is 0 Å². The topological polar surface area (TPSA) is 21.3 Å². The monoisotopic (exact) mass is 261 g/mol. The Kier molecular flexibility index (Phi) is 4.79. The lowest BCUT2D eigenvalue weighted by Gasteiger charge is -2.19. The quantitative estimate of drug-likeness (QED) is 0.857. The molecule has 1 heterocycles. The van der Waals surface area contributed by atoms with Crippen LogP contribution in [0.25, 0.3) is 0 Å². The fourth-order valence-electron chi connectivity index (χ4n) is 2.16. The number of thiophene rings is 1. The largest absolute Gasteiger partial charge is 0.496 e. The molecule has 0 aliphatic carbocycles. The smallest absolute Gasteiger partial charge is 0.123 e. The van der Waals surface area contributed by atoms with Crippen LogP contribution in [0.3, 0.4) is 0 Å². The molecule has 1 atom stereocenters. The molecule has 0 fully saturated rings. The van der Waals surface area contributed by atoms with Gasteiger partial charge in [-0.15, -0.1) is 0 Å². The van der Waals surface area contributed by atoms with Gasteiger partial charge >= 0.3 is 0 Å². The first-order valence-electron chi connectivity index (χ1n) is 6.16. The van der Waals surface area contributed by atoms with Crippen molar-refractivity contribution in [3.63, 3.8) is 0 Å². The first-order valence-corrected chi connectivity index (χ1v) is 7.10. The maximum Gasteiger partial charge on any atom is 0.123 e. The third kappa shape index (κ3) is 3.12. The van der Waals surface area contributed by atoms with Gasteiger partial charge in [0.05, 0.1) is 7.11 Å². The average molecular weight is 261 g/mol. The molecule has 0 saturated heterocycles. The van der Waals surface area contributed by atoms with Gasteiger partial charge in [0.1, 0.15) is 5.75 Å². The van der Waals surface area contributed by atoms with Crippen LogP contribution in [0.4, 0.5) is 0 Å². The summed E-state index contributed by atoms with van der Waals surface area (Å²) >= 11 is 1.76. The molecule has 0 amide bonds. The number of ether oxygens (including phenoxy) is 1. The zero-order valence-corrected chi connectivity index (χ0v) is 11.7. The molecular formula is C15H19NOS. The number of hydrogen-bond acceptors (Lipinski definition) is 3. The molecule has 96 valence electrons. The predicted octanol–water partition coefficient (Wildman–Crippen LogP) is 3.65. The van der Waals surface area contributed by atoms with Crippen molar-refractivity contribution in [1.29, 1.82) is 0 Å². The Morgan fingerprint density at radius 2 is 2.11 bits per heavy atom. The molecule has 0 aliphatic heterocycles. The lowest BCUT2D eigenvalue weighted by molar-refractivity contribution is 0.399. The summed E-state index contributed by atoms with van der Waals surface area (Å²) in [6, 6.07) is 10.7. The Hall–Kier alpha value is -1.32. The van der Waals surface area contributed by atoms with Gasteiger partial charge in [-0.25, -0.2) is 0 Å². The second-order valence-electron chi connectivity index (χ2n) is 4.25. The maximum absolute atomic E-state index is 5.43. The van der Waals surface area contributed by atoms with E-state index in [9.17, 15) is 0 Å². The summed E-state index contributed by atoms with van der Waals surface area (Å²) < 4.78 is 5.43. The lowest BCUT2D eigenvalue weighted by atomic mass is 9.99. The molecule has 0 aliphatic rings. The minimum atomic E-state index is 0.334. The fourth-order valence-corrected chi connectivity index (χ4v) is 2.86. The van der Waals surface area contributed by atoms with Gasteiger partial charge in [-0.1, -0.05) is 18.2 Å². The molecule has 0 spiro atoms. The van der Waals surface area contributed by atoms with E-state index in [1.54, 1.807) is 18.4 Å². The first-order chi connectivity index (χ1) is 8.85. The van der Waals surface area contributed by atoms with Gasteiger partial charge in [0.2, 0.25) is 0 Å². The highest BCUT2D eigenvalue weighted by molar-refractivity contribution is 7.07. The number of rotatable bonds is 6. The van der Waals surface area contributed by atoms with Crippen LogP contribution < -0.4 is 10.1 Å². The summed E-state index contributed by atoms with van der Waals surface area (Å²) in [5, 5.41) is 7.73. The minimum absolute atomic E-state index is 0.334. The SMILES string of the molecule is CNC(CCc1ccsc1)c1ccccc1OC. The van der Waals surface area contributed by atoms with Crippen molar-refractivity contribution in [2.24, 2.45) is 0 Å². The zero-order chi connectivity index (χ0) is 12.8. The lowest BCUT2D eigenvalue weighted by Crippen LogP contribution is -2.17. The highest BCUT2D eigenvalue weighted by atomic mass is 32.1. The first kappa shape index (κ1) is 13.1. The Labute approximate surface area is 113 Å². The summed E-state index contributed by atoms with van der Waals surface area (Å²) in [5.41, 5.74) is 2.65. The van der Waals surface area contributed by atoms with Crippen LogP contribution in [0, 0.1) is 0 Å². The number of para-hydroxylation sites is 1. The van der Waals surface area contributed by atoms with Gasteiger partial charge in [0, 0.05) is 11.6 Å². The molecular weight excluding hydrogens is 242 g/mol. The molecule has 18 heavy (non-hydrogen) atoms. The van der Waals surface area contributed by atoms with Gasteiger partial charge in [0.25, 0.3) is 0 Å². The molecule has 0 radical (unpaired) electrons. The van der Waals surface area contributed by atoms with Crippen molar-refractivity contribution < 1.29 is 4.74 Å². The highest BCUT2D eigenvalue weighted by Gasteiger charge is 2.13. The van der Waals surface area contributed by atoms with Crippen molar-refractivity contribution >= 4 is 11.3 Å². The van der Waals surface area contributed by atoms with Gasteiger partial charge in [-0.2, -0.15) is 11.3 Å². The highest BCUT2D eigenvalue weighted by Crippen LogP contribution is 2.27. The van der Waals surface area contributed by atoms with Crippen molar-refractivity contribution in [2.45, 2.75) is 18.9 Å². The van der Waals surface area contributed by atoms with Gasteiger partial charge in [-0.3, -0.25) is 0 Å². The van der Waals surface area contributed by atoms with E-state index in [0.717, 1.165) is 18.6 Å². The van der Waals surface area contributed by atoms with Crippen molar-refractivity contribution in [3.8, 4) is 5.75 Å². The summed E-state index contributed by atoms with van der Waals surface area (Å²) in [5.74, 6) is 0.960. The molecule has 1 aromatic heterocycles. The van der Waals surface area contributed by atoms with E-state index in [2.05, 4.69) is 34.3 Å². The van der Waals surface area contributed by atoms with E-state index in [1.807, 2.05) is 19.2 Å². The van der Waals surface area contributed by atoms with Crippen LogP contribution in [0.1, 0.15) is 23.6 Å². The normalized spacial score (nSPS) is 12.3. The molecule has 0 saturated carbocycles. The summed E-state index contributed by atoms with van der Waals surface area (Å²) in [7, 11) is 3.73. The van der Waals surface area contributed by atoms with Crippen molar-refractivity contribution in [2.75, 3.05) is 14.2 Å². The van der Waals surface area contributed by atoms with Gasteiger partial charge in [0.15, 0.2) is 0 Å². The third-order valence-electron chi connectivity index (χ3n) is 3.16. The molecule has 3 heteroatoms. The molecule has 1 aromatic carbocycles. The van der Waals surface area contributed by atoms with E-state index >= 15 is 0 Å². The second kappa shape index (κ2) is 6.57. The average Bonchev–Trinajstić information content (AvgIpc) is 2.93. The number of methoxy groups -OCH3 is 1. The number of hydrogen-bond donors (Lipinski definition) is 1. The Balaban J connectivity index is 2.08. The Bertz CT molecular complexity index is 467. The van der Waals surface area contributed by atoms with E-state index in [0.29, 0.717) is 6.04 Å². The van der Waals surface area contributed by atoms with Gasteiger partial charge < -0.3 is 10.1 Å². The van der Waals surface area contributed by atoms with E-state index in [4.69, 9.17) is 4.74 Å². The number of nitrogens with one attached hydrogen (secondary N) is 1. The standard InChI is InChI=1S/C15H19NOS/c1-16-14(8-7-12-9-10-18-11-12)13-5-3-4-6-15(13)17-2/h3-6,9-11,14,16H,7-8H2,1-2H3. The maximum atomic E-state index is 5.43. The molecule has 2 nitrogen and oxygen atoms in total. The van der Waals surface area contributed by atoms with Crippen LogP contribution in [0.5, 0.6) is 5.75 Å². The molecule has 0 bridgehead atoms. The van der Waals surface area contributed by atoms with Crippen LogP contribution in [0.2, 0.25) is 0 Å². The van der Waals surface area contributed by atoms with E-state index < -0.39 is 0 Å². The molecule has 1 unspecified atom stereocenters. The number of aryl methyl sites for hydroxylation is 1. The van der Waals surface area contributed by atoms with Crippen molar-refractivity contribution in [1.82, 2.24) is 5.32 Å². The number of benzene rings is 1. The predicted molar refractivity (Wildman–Crippen MR) is 77.4 cm³/mol. The summed E-state index contributed by atoms with van der Waals surface area (Å²) in [4.78, 5) is 0. The molecule has 2 rings (SSSR count). The van der Waals surface area contributed by atoms with Crippen LogP contribution in [0.15, 0.2) is 41.1 Å². The molecule has 1 N–H and O–H groups in total. The van der Waals surface area contributed by atoms with Crippen LogP contribution in [-0.4, -0.2) is 14.2 Å². The molecule has 2 aromatic rings. The zero-order valence-electron chi connectivity index (χ0n) is 10.8. The van der Waals surface area contributed by atoms with Gasteiger partial charge in [-0.05, 0) is 48.3 Å². The Morgan fingerprint density at radius 1 is 1.28 bits per heavy atom. The fraction of sp³-hybridized carbons (Fsp3) is 0.333.